The monoisotopic (exact) mass is 406 g/mol. The molecule has 158 valence electrons. The first kappa shape index (κ1) is 21.9. The summed E-state index contributed by atoms with van der Waals surface area (Å²) in [5, 5.41) is 0. The maximum atomic E-state index is 6.85. The molecule has 0 spiro atoms. The molecule has 0 saturated carbocycles. The Kier molecular flexibility index (Phi) is 6.80. The normalized spacial score (nSPS) is 11.9. The van der Waals surface area contributed by atoms with Crippen molar-refractivity contribution in [1.82, 2.24) is 0 Å². The lowest BCUT2D eigenvalue weighted by molar-refractivity contribution is -0.871. The van der Waals surface area contributed by atoms with Crippen LogP contribution in [0.3, 0.4) is 0 Å². The van der Waals surface area contributed by atoms with Gasteiger partial charge in [0, 0.05) is 5.56 Å². The van der Waals surface area contributed by atoms with Gasteiger partial charge < -0.3 is 18.7 Å². The number of methoxy groups -OCH3 is 2. The van der Waals surface area contributed by atoms with E-state index in [-0.39, 0.29) is 0 Å². The summed E-state index contributed by atoms with van der Waals surface area (Å²) >= 11 is 0. The lowest BCUT2D eigenvalue weighted by Gasteiger charge is -2.37. The highest BCUT2D eigenvalue weighted by molar-refractivity contribution is 5.57. The second-order valence-electron chi connectivity index (χ2n) is 8.32. The Morgan fingerprint density at radius 2 is 1.27 bits per heavy atom. The molecule has 0 atom stereocenters. The minimum Gasteiger partial charge on any atom is -0.493 e. The van der Waals surface area contributed by atoms with Gasteiger partial charge in [0.15, 0.2) is 11.5 Å². The molecule has 0 aliphatic carbocycles. The van der Waals surface area contributed by atoms with Crippen molar-refractivity contribution in [1.29, 1.82) is 0 Å². The zero-order chi connectivity index (χ0) is 21.6. The van der Waals surface area contributed by atoms with E-state index in [0.717, 1.165) is 27.7 Å². The zero-order valence-corrected chi connectivity index (χ0v) is 18.6. The Bertz CT molecular complexity index is 894. The largest absolute Gasteiger partial charge is 0.493 e. The van der Waals surface area contributed by atoms with Crippen LogP contribution in [0.15, 0.2) is 78.9 Å². The van der Waals surface area contributed by atoms with Gasteiger partial charge in [-0.25, -0.2) is 0 Å². The first-order valence-electron chi connectivity index (χ1n) is 10.2. The highest BCUT2D eigenvalue weighted by atomic mass is 16.5. The molecule has 30 heavy (non-hydrogen) atoms. The average molecular weight is 407 g/mol. The van der Waals surface area contributed by atoms with E-state index in [0.29, 0.717) is 18.1 Å². The number of likely N-dealkylation sites (N-methyl/N-ethyl adjacent to an activating group) is 1. The predicted octanol–water partition coefficient (Wildman–Crippen LogP) is 4.72. The molecule has 0 saturated heterocycles. The summed E-state index contributed by atoms with van der Waals surface area (Å²) in [6.45, 7) is 1.45. The van der Waals surface area contributed by atoms with Crippen LogP contribution in [0, 0.1) is 0 Å². The topological polar surface area (TPSA) is 27.7 Å². The second-order valence-corrected chi connectivity index (χ2v) is 8.32. The van der Waals surface area contributed by atoms with E-state index in [2.05, 4.69) is 51.5 Å². The van der Waals surface area contributed by atoms with Gasteiger partial charge in [0.1, 0.15) is 12.1 Å². The van der Waals surface area contributed by atoms with Gasteiger partial charge in [-0.1, -0.05) is 72.8 Å². The lowest BCUT2D eigenvalue weighted by Crippen LogP contribution is -2.41. The molecule has 0 unspecified atom stereocenters. The molecule has 0 radical (unpaired) electrons. The van der Waals surface area contributed by atoms with Crippen molar-refractivity contribution >= 4 is 0 Å². The van der Waals surface area contributed by atoms with Crippen LogP contribution in [0.1, 0.15) is 16.7 Å². The van der Waals surface area contributed by atoms with Crippen molar-refractivity contribution in [2.24, 2.45) is 0 Å². The molecule has 3 rings (SSSR count). The van der Waals surface area contributed by atoms with Crippen LogP contribution in [-0.2, 0) is 10.3 Å². The Labute approximate surface area is 180 Å². The quantitative estimate of drug-likeness (QED) is 0.380. The van der Waals surface area contributed by atoms with Crippen LogP contribution < -0.4 is 9.47 Å². The molecule has 4 nitrogen and oxygen atoms in total. The summed E-state index contributed by atoms with van der Waals surface area (Å²) in [6.07, 6.45) is 0. The number of ether oxygens (including phenoxy) is 3. The predicted molar refractivity (Wildman–Crippen MR) is 121 cm³/mol. The van der Waals surface area contributed by atoms with E-state index in [1.54, 1.807) is 14.2 Å². The summed E-state index contributed by atoms with van der Waals surface area (Å²) in [7, 11) is 9.84. The van der Waals surface area contributed by atoms with Gasteiger partial charge in [-0.15, -0.1) is 0 Å². The summed E-state index contributed by atoms with van der Waals surface area (Å²) in [6, 6.07) is 26.6. The van der Waals surface area contributed by atoms with Crippen molar-refractivity contribution in [2.45, 2.75) is 5.60 Å². The molecule has 0 N–H and O–H groups in total. The zero-order valence-electron chi connectivity index (χ0n) is 18.6. The lowest BCUT2D eigenvalue weighted by atomic mass is 9.79. The fraction of sp³-hybridized carbons (Fsp3) is 0.308. The minimum atomic E-state index is -0.836. The van der Waals surface area contributed by atoms with Crippen molar-refractivity contribution in [3.05, 3.63) is 95.6 Å². The standard InChI is InChI=1S/C26H32NO3/c1-27(2,3)19-20-30-26(21-13-8-6-9-14-21,22-15-10-7-11-16-22)23-17-12-18-24(28-4)25(23)29-5/h6-18H,19-20H2,1-5H3/q+1. The fourth-order valence-electron chi connectivity index (χ4n) is 3.70. The molecule has 4 heteroatoms. The molecule has 0 fully saturated rings. The van der Waals surface area contributed by atoms with Crippen LogP contribution in [0.25, 0.3) is 0 Å². The highest BCUT2D eigenvalue weighted by Gasteiger charge is 2.41. The van der Waals surface area contributed by atoms with Gasteiger partial charge in [-0.05, 0) is 17.2 Å². The number of benzene rings is 3. The molecule has 0 aliphatic rings. The molecule has 0 bridgehead atoms. The van der Waals surface area contributed by atoms with E-state index in [1.807, 2.05) is 48.5 Å². The number of hydrogen-bond donors (Lipinski definition) is 0. The molecule has 0 aliphatic heterocycles. The molecule has 0 aromatic heterocycles. The fourth-order valence-corrected chi connectivity index (χ4v) is 3.70. The van der Waals surface area contributed by atoms with Gasteiger partial charge in [-0.2, -0.15) is 0 Å². The van der Waals surface area contributed by atoms with Crippen molar-refractivity contribution < 1.29 is 18.7 Å². The van der Waals surface area contributed by atoms with E-state index in [4.69, 9.17) is 14.2 Å². The SMILES string of the molecule is COc1cccc(C(OCC[N+](C)(C)C)(c2ccccc2)c2ccccc2)c1OC. The van der Waals surface area contributed by atoms with Crippen LogP contribution >= 0.6 is 0 Å². The number of rotatable bonds is 9. The molecule has 0 heterocycles. The molecule has 3 aromatic carbocycles. The summed E-state index contributed by atoms with van der Waals surface area (Å²) in [4.78, 5) is 0. The molecular formula is C26H32NO3+. The Balaban J connectivity index is 2.29. The summed E-state index contributed by atoms with van der Waals surface area (Å²) in [5.41, 5.74) is 2.17. The first-order chi connectivity index (χ1) is 14.4. The van der Waals surface area contributed by atoms with Gasteiger partial charge in [0.05, 0.1) is 42.0 Å². The third kappa shape index (κ3) is 4.50. The van der Waals surface area contributed by atoms with Gasteiger partial charge in [0.25, 0.3) is 0 Å². The smallest absolute Gasteiger partial charge is 0.167 e. The Morgan fingerprint density at radius 1 is 0.700 bits per heavy atom. The molecular weight excluding hydrogens is 374 g/mol. The van der Waals surface area contributed by atoms with E-state index in [9.17, 15) is 0 Å². The van der Waals surface area contributed by atoms with Crippen molar-refractivity contribution in [3.8, 4) is 11.5 Å². The number of hydrogen-bond acceptors (Lipinski definition) is 3. The third-order valence-corrected chi connectivity index (χ3v) is 5.22. The molecule has 0 amide bonds. The Morgan fingerprint density at radius 3 is 1.73 bits per heavy atom. The average Bonchev–Trinajstić information content (AvgIpc) is 2.76. The highest BCUT2D eigenvalue weighted by Crippen LogP contribution is 2.47. The van der Waals surface area contributed by atoms with Crippen LogP contribution in [-0.4, -0.2) is 53.0 Å². The van der Waals surface area contributed by atoms with Crippen molar-refractivity contribution in [2.75, 3.05) is 48.5 Å². The maximum absolute atomic E-state index is 6.85. The number of nitrogens with zero attached hydrogens (tertiary/aromatic N) is 1. The van der Waals surface area contributed by atoms with Gasteiger partial charge >= 0.3 is 0 Å². The third-order valence-electron chi connectivity index (χ3n) is 5.22. The Hall–Kier alpha value is -2.82. The van der Waals surface area contributed by atoms with Gasteiger partial charge in [-0.3, -0.25) is 0 Å². The minimum absolute atomic E-state index is 0.577. The first-order valence-corrected chi connectivity index (χ1v) is 10.2. The van der Waals surface area contributed by atoms with Crippen LogP contribution in [0.2, 0.25) is 0 Å². The number of quaternary nitrogens is 1. The van der Waals surface area contributed by atoms with E-state index in [1.165, 1.54) is 0 Å². The van der Waals surface area contributed by atoms with Crippen molar-refractivity contribution in [3.63, 3.8) is 0 Å². The maximum Gasteiger partial charge on any atom is 0.167 e. The second kappa shape index (κ2) is 9.33. The van der Waals surface area contributed by atoms with E-state index < -0.39 is 5.60 Å². The van der Waals surface area contributed by atoms with Crippen LogP contribution in [0.4, 0.5) is 0 Å². The van der Waals surface area contributed by atoms with Gasteiger partial charge in [0.2, 0.25) is 0 Å². The van der Waals surface area contributed by atoms with Crippen LogP contribution in [0.5, 0.6) is 11.5 Å². The van der Waals surface area contributed by atoms with E-state index >= 15 is 0 Å². The summed E-state index contributed by atoms with van der Waals surface area (Å²) < 4.78 is 19.1. The molecule has 3 aromatic rings. The summed E-state index contributed by atoms with van der Waals surface area (Å²) in [5.74, 6) is 1.36. The number of para-hydroxylation sites is 1.